The average molecular weight is 303 g/mol. The molecule has 0 amide bonds. The number of nitrogens with two attached hydrogens (primary N) is 1. The molecule has 3 N–H and O–H groups in total. The largest absolute Gasteiger partial charge is 0.271 e. The van der Waals surface area contributed by atoms with Crippen molar-refractivity contribution in [1.82, 2.24) is 19.2 Å². The van der Waals surface area contributed by atoms with Crippen LogP contribution in [0.15, 0.2) is 41.9 Å². The van der Waals surface area contributed by atoms with E-state index in [1.54, 1.807) is 17.5 Å². The van der Waals surface area contributed by atoms with Crippen LogP contribution in [0, 0.1) is 0 Å². The molecule has 7 heteroatoms. The van der Waals surface area contributed by atoms with E-state index < -0.39 is 0 Å². The first kappa shape index (κ1) is 13.3. The summed E-state index contributed by atoms with van der Waals surface area (Å²) in [7, 11) is 0. The number of hydrogen-bond acceptors (Lipinski definition) is 7. The van der Waals surface area contributed by atoms with Gasteiger partial charge >= 0.3 is 0 Å². The molecule has 1 atom stereocenters. The zero-order chi connectivity index (χ0) is 13.8. The summed E-state index contributed by atoms with van der Waals surface area (Å²) in [6.07, 6.45) is 2.44. The molecule has 0 saturated carbocycles. The van der Waals surface area contributed by atoms with Crippen LogP contribution in [-0.2, 0) is 6.42 Å². The van der Waals surface area contributed by atoms with Crippen LogP contribution in [0.2, 0.25) is 0 Å². The van der Waals surface area contributed by atoms with Gasteiger partial charge in [0.05, 0.1) is 40.4 Å². The Morgan fingerprint density at radius 1 is 1.25 bits per heavy atom. The van der Waals surface area contributed by atoms with Crippen molar-refractivity contribution in [2.75, 3.05) is 0 Å². The molecule has 0 spiro atoms. The van der Waals surface area contributed by atoms with Gasteiger partial charge in [-0.3, -0.25) is 11.3 Å². The van der Waals surface area contributed by atoms with Crippen molar-refractivity contribution in [3.63, 3.8) is 0 Å². The third kappa shape index (κ3) is 2.91. The van der Waals surface area contributed by atoms with Crippen molar-refractivity contribution >= 4 is 23.1 Å². The molecule has 20 heavy (non-hydrogen) atoms. The van der Waals surface area contributed by atoms with E-state index in [1.807, 2.05) is 18.2 Å². The Balaban J connectivity index is 1.77. The van der Waals surface area contributed by atoms with Gasteiger partial charge in [-0.2, -0.15) is 8.75 Å². The number of rotatable bonds is 5. The molecule has 0 aliphatic heterocycles. The first-order valence-corrected chi connectivity index (χ1v) is 7.71. The third-order valence-electron chi connectivity index (χ3n) is 2.94. The van der Waals surface area contributed by atoms with E-state index in [0.717, 1.165) is 22.0 Å². The van der Waals surface area contributed by atoms with Gasteiger partial charge in [0.25, 0.3) is 0 Å². The number of hydrazine groups is 1. The lowest BCUT2D eigenvalue weighted by Gasteiger charge is -2.10. The van der Waals surface area contributed by atoms with Crippen molar-refractivity contribution in [3.8, 4) is 11.3 Å². The minimum Gasteiger partial charge on any atom is -0.271 e. The van der Waals surface area contributed by atoms with Crippen molar-refractivity contribution in [3.05, 3.63) is 52.6 Å². The second-order valence-electron chi connectivity index (χ2n) is 4.25. The van der Waals surface area contributed by atoms with Gasteiger partial charge in [0, 0.05) is 17.4 Å². The normalized spacial score (nSPS) is 12.4. The monoisotopic (exact) mass is 303 g/mol. The minimum absolute atomic E-state index is 0.0523. The first-order valence-electron chi connectivity index (χ1n) is 6.10. The van der Waals surface area contributed by atoms with Crippen molar-refractivity contribution in [1.29, 1.82) is 0 Å². The molecule has 0 aliphatic rings. The maximum Gasteiger partial charge on any atom is 0.0952 e. The van der Waals surface area contributed by atoms with Crippen LogP contribution in [0.5, 0.6) is 0 Å². The van der Waals surface area contributed by atoms with Gasteiger partial charge in [0.1, 0.15) is 0 Å². The van der Waals surface area contributed by atoms with E-state index in [4.69, 9.17) is 5.84 Å². The molecule has 102 valence electrons. The molecule has 0 saturated heterocycles. The summed E-state index contributed by atoms with van der Waals surface area (Å²) in [5.41, 5.74) is 5.75. The summed E-state index contributed by atoms with van der Waals surface area (Å²) in [4.78, 5) is 4.66. The van der Waals surface area contributed by atoms with Crippen LogP contribution >= 0.6 is 23.1 Å². The molecular formula is C13H13N5S2. The molecule has 1 aromatic carbocycles. The summed E-state index contributed by atoms with van der Waals surface area (Å²) >= 11 is 2.82. The Morgan fingerprint density at radius 3 is 2.80 bits per heavy atom. The van der Waals surface area contributed by atoms with Crippen LogP contribution in [0.3, 0.4) is 0 Å². The molecule has 1 unspecified atom stereocenters. The predicted octanol–water partition coefficient (Wildman–Crippen LogP) is 2.41. The standard InChI is InChI=1S/C13H13N5S2/c14-17-10(11-7-15-20-18-11)6-13-16-12(8-19-13)9-4-2-1-3-5-9/h1-5,7-8,10,17H,6,14H2. The molecular weight excluding hydrogens is 290 g/mol. The quantitative estimate of drug-likeness (QED) is 0.559. The second-order valence-corrected chi connectivity index (χ2v) is 5.75. The van der Waals surface area contributed by atoms with Crippen molar-refractivity contribution in [2.45, 2.75) is 12.5 Å². The zero-order valence-corrected chi connectivity index (χ0v) is 12.2. The van der Waals surface area contributed by atoms with Crippen LogP contribution in [0.1, 0.15) is 16.7 Å². The zero-order valence-electron chi connectivity index (χ0n) is 10.6. The summed E-state index contributed by atoms with van der Waals surface area (Å²) in [6.45, 7) is 0. The Kier molecular flexibility index (Phi) is 4.12. The molecule has 0 radical (unpaired) electrons. The smallest absolute Gasteiger partial charge is 0.0952 e. The van der Waals surface area contributed by atoms with Crippen LogP contribution in [0.4, 0.5) is 0 Å². The van der Waals surface area contributed by atoms with Crippen molar-refractivity contribution < 1.29 is 0 Å². The predicted molar refractivity (Wildman–Crippen MR) is 81.2 cm³/mol. The Morgan fingerprint density at radius 2 is 2.10 bits per heavy atom. The SMILES string of the molecule is NNC(Cc1nc(-c2ccccc2)cs1)c1cnsn1. The van der Waals surface area contributed by atoms with Gasteiger partial charge in [-0.25, -0.2) is 4.98 Å². The maximum absolute atomic E-state index is 5.59. The minimum atomic E-state index is -0.0523. The highest BCUT2D eigenvalue weighted by Crippen LogP contribution is 2.24. The van der Waals surface area contributed by atoms with E-state index in [0.29, 0.717) is 6.42 Å². The maximum atomic E-state index is 5.59. The number of nitrogens with zero attached hydrogens (tertiary/aromatic N) is 3. The van der Waals surface area contributed by atoms with Crippen LogP contribution < -0.4 is 11.3 Å². The number of thiazole rings is 1. The Hall–Kier alpha value is -1.67. The second kappa shape index (κ2) is 6.19. The van der Waals surface area contributed by atoms with Gasteiger partial charge in [-0.15, -0.1) is 11.3 Å². The molecule has 2 aromatic heterocycles. The molecule has 2 heterocycles. The average Bonchev–Trinajstić information content (AvgIpc) is 3.17. The lowest BCUT2D eigenvalue weighted by molar-refractivity contribution is 0.541. The van der Waals surface area contributed by atoms with Gasteiger partial charge < -0.3 is 0 Å². The molecule has 3 aromatic rings. The number of benzene rings is 1. The highest BCUT2D eigenvalue weighted by Gasteiger charge is 2.15. The molecule has 5 nitrogen and oxygen atoms in total. The topological polar surface area (TPSA) is 76.7 Å². The number of nitrogens with one attached hydrogen (secondary N) is 1. The lowest BCUT2D eigenvalue weighted by atomic mass is 10.1. The van der Waals surface area contributed by atoms with E-state index in [9.17, 15) is 0 Å². The summed E-state index contributed by atoms with van der Waals surface area (Å²) in [5.74, 6) is 5.59. The van der Waals surface area contributed by atoms with Crippen LogP contribution in [-0.4, -0.2) is 13.7 Å². The van der Waals surface area contributed by atoms with Gasteiger partial charge in [-0.1, -0.05) is 30.3 Å². The first-order chi connectivity index (χ1) is 9.86. The van der Waals surface area contributed by atoms with E-state index in [-0.39, 0.29) is 6.04 Å². The molecule has 0 fully saturated rings. The summed E-state index contributed by atoms with van der Waals surface area (Å²) < 4.78 is 8.22. The van der Waals surface area contributed by atoms with Gasteiger partial charge in [-0.05, 0) is 0 Å². The Bertz CT molecular complexity index is 650. The van der Waals surface area contributed by atoms with Crippen LogP contribution in [0.25, 0.3) is 11.3 Å². The fraction of sp³-hybridized carbons (Fsp3) is 0.154. The van der Waals surface area contributed by atoms with Gasteiger partial charge in [0.15, 0.2) is 0 Å². The number of hydrogen-bond donors (Lipinski definition) is 2. The van der Waals surface area contributed by atoms with E-state index in [2.05, 4.69) is 36.7 Å². The van der Waals surface area contributed by atoms with Gasteiger partial charge in [0.2, 0.25) is 0 Å². The van der Waals surface area contributed by atoms with E-state index in [1.165, 1.54) is 11.7 Å². The van der Waals surface area contributed by atoms with E-state index >= 15 is 0 Å². The lowest BCUT2D eigenvalue weighted by Crippen LogP contribution is -2.29. The number of aromatic nitrogens is 3. The Labute approximate surface area is 124 Å². The fourth-order valence-corrected chi connectivity index (χ4v) is 3.22. The fourth-order valence-electron chi connectivity index (χ4n) is 1.90. The molecule has 0 bridgehead atoms. The highest BCUT2D eigenvalue weighted by molar-refractivity contribution is 7.10. The summed E-state index contributed by atoms with van der Waals surface area (Å²) in [5, 5.41) is 3.09. The van der Waals surface area contributed by atoms with Crippen molar-refractivity contribution in [2.24, 2.45) is 5.84 Å². The highest BCUT2D eigenvalue weighted by atomic mass is 32.1. The summed E-state index contributed by atoms with van der Waals surface area (Å²) in [6, 6.07) is 10.1. The molecule has 3 rings (SSSR count). The third-order valence-corrected chi connectivity index (χ3v) is 4.30. The molecule has 0 aliphatic carbocycles.